The first kappa shape index (κ1) is 19.8. The second-order valence-corrected chi connectivity index (χ2v) is 8.84. The third kappa shape index (κ3) is 4.83. The molecule has 7 nitrogen and oxygen atoms in total. The standard InChI is InChI=1S/C20H21N3O4S/c1-13(2)15-9-7-14(8-10-15)11-18-22-23-20(27-18)21-19(24)16-5-4-6-17(12-16)28(3,25)26/h4-10,12-13H,11H2,1-3H3,(H,21,23,24). The number of carbonyl (C=O) groups is 1. The Morgan fingerprint density at radius 3 is 2.46 bits per heavy atom. The number of anilines is 1. The predicted molar refractivity (Wildman–Crippen MR) is 105 cm³/mol. The lowest BCUT2D eigenvalue weighted by Gasteiger charge is -2.05. The van der Waals surface area contributed by atoms with E-state index >= 15 is 0 Å². The Labute approximate surface area is 163 Å². The zero-order valence-corrected chi connectivity index (χ0v) is 16.7. The minimum atomic E-state index is -3.40. The number of hydrogen-bond acceptors (Lipinski definition) is 6. The number of carbonyl (C=O) groups excluding carboxylic acids is 1. The largest absolute Gasteiger partial charge is 0.407 e. The third-order valence-corrected chi connectivity index (χ3v) is 5.32. The van der Waals surface area contributed by atoms with Crippen molar-refractivity contribution in [1.82, 2.24) is 10.2 Å². The number of nitrogens with zero attached hydrogens (tertiary/aromatic N) is 2. The predicted octanol–water partition coefficient (Wildman–Crippen LogP) is 3.44. The molecule has 8 heteroatoms. The Bertz CT molecular complexity index is 1090. The fraction of sp³-hybridized carbons (Fsp3) is 0.250. The second kappa shape index (κ2) is 7.93. The van der Waals surface area contributed by atoms with Crippen LogP contribution in [0.15, 0.2) is 57.8 Å². The van der Waals surface area contributed by atoms with Gasteiger partial charge in [-0.2, -0.15) is 0 Å². The number of sulfone groups is 1. The maximum absolute atomic E-state index is 12.3. The molecule has 0 unspecified atom stereocenters. The normalized spacial score (nSPS) is 11.6. The monoisotopic (exact) mass is 399 g/mol. The average Bonchev–Trinajstić information content (AvgIpc) is 3.08. The molecule has 0 spiro atoms. The van der Waals surface area contributed by atoms with Crippen LogP contribution in [0.5, 0.6) is 0 Å². The molecule has 0 saturated carbocycles. The van der Waals surface area contributed by atoms with Crippen LogP contribution in [-0.4, -0.2) is 30.8 Å². The van der Waals surface area contributed by atoms with Crippen molar-refractivity contribution in [2.75, 3.05) is 11.6 Å². The van der Waals surface area contributed by atoms with Crippen LogP contribution in [0.25, 0.3) is 0 Å². The van der Waals surface area contributed by atoms with Crippen LogP contribution >= 0.6 is 0 Å². The van der Waals surface area contributed by atoms with Gasteiger partial charge in [0.15, 0.2) is 9.84 Å². The van der Waals surface area contributed by atoms with Crippen LogP contribution in [0.3, 0.4) is 0 Å². The number of aromatic nitrogens is 2. The van der Waals surface area contributed by atoms with Crippen molar-refractivity contribution < 1.29 is 17.6 Å². The van der Waals surface area contributed by atoms with Gasteiger partial charge in [0, 0.05) is 11.8 Å². The van der Waals surface area contributed by atoms with Crippen LogP contribution in [0, 0.1) is 0 Å². The van der Waals surface area contributed by atoms with Crippen LogP contribution in [0.4, 0.5) is 6.01 Å². The van der Waals surface area contributed by atoms with Crippen molar-refractivity contribution in [3.63, 3.8) is 0 Å². The molecule has 3 rings (SSSR count). The number of nitrogens with one attached hydrogen (secondary N) is 1. The minimum Gasteiger partial charge on any atom is -0.407 e. The average molecular weight is 399 g/mol. The molecule has 146 valence electrons. The molecule has 3 aromatic rings. The summed E-state index contributed by atoms with van der Waals surface area (Å²) in [4.78, 5) is 12.4. The molecular weight excluding hydrogens is 378 g/mol. The highest BCUT2D eigenvalue weighted by Gasteiger charge is 2.15. The number of amides is 1. The first-order valence-corrected chi connectivity index (χ1v) is 10.6. The van der Waals surface area contributed by atoms with Crippen LogP contribution in [0.2, 0.25) is 0 Å². The van der Waals surface area contributed by atoms with E-state index in [9.17, 15) is 13.2 Å². The summed E-state index contributed by atoms with van der Waals surface area (Å²) in [6.07, 6.45) is 1.53. The molecule has 1 N–H and O–H groups in total. The van der Waals surface area contributed by atoms with E-state index in [0.717, 1.165) is 11.8 Å². The van der Waals surface area contributed by atoms with Crippen molar-refractivity contribution in [3.8, 4) is 0 Å². The van der Waals surface area contributed by atoms with Gasteiger partial charge in [-0.05, 0) is 35.2 Å². The molecule has 0 radical (unpaired) electrons. The van der Waals surface area contributed by atoms with Gasteiger partial charge in [-0.1, -0.05) is 49.3 Å². The van der Waals surface area contributed by atoms with Crippen molar-refractivity contribution >= 4 is 21.8 Å². The van der Waals surface area contributed by atoms with Crippen LogP contribution in [-0.2, 0) is 16.3 Å². The van der Waals surface area contributed by atoms with E-state index in [4.69, 9.17) is 4.42 Å². The summed E-state index contributed by atoms with van der Waals surface area (Å²) in [6.45, 7) is 4.27. The lowest BCUT2D eigenvalue weighted by molar-refractivity contribution is 0.102. The summed E-state index contributed by atoms with van der Waals surface area (Å²) in [5, 5.41) is 10.3. The van der Waals surface area contributed by atoms with Gasteiger partial charge < -0.3 is 4.42 Å². The minimum absolute atomic E-state index is 0.0384. The maximum Gasteiger partial charge on any atom is 0.322 e. The molecule has 0 saturated heterocycles. The van der Waals surface area contributed by atoms with Crippen molar-refractivity contribution in [2.45, 2.75) is 31.1 Å². The lowest BCUT2D eigenvalue weighted by Crippen LogP contribution is -2.13. The van der Waals surface area contributed by atoms with Gasteiger partial charge in [-0.25, -0.2) is 8.42 Å². The first-order valence-electron chi connectivity index (χ1n) is 8.75. The van der Waals surface area contributed by atoms with E-state index in [1.165, 1.54) is 29.8 Å². The highest BCUT2D eigenvalue weighted by Crippen LogP contribution is 2.18. The summed E-state index contributed by atoms with van der Waals surface area (Å²) in [5.74, 6) is 0.305. The second-order valence-electron chi connectivity index (χ2n) is 6.83. The smallest absolute Gasteiger partial charge is 0.322 e. The Kier molecular flexibility index (Phi) is 5.60. The van der Waals surface area contributed by atoms with Gasteiger partial charge in [0.2, 0.25) is 5.89 Å². The highest BCUT2D eigenvalue weighted by molar-refractivity contribution is 7.90. The Morgan fingerprint density at radius 2 is 1.82 bits per heavy atom. The van der Waals surface area contributed by atoms with E-state index in [1.807, 2.05) is 12.1 Å². The summed E-state index contributed by atoms with van der Waals surface area (Å²) in [5.41, 5.74) is 2.46. The Hall–Kier alpha value is -3.00. The van der Waals surface area contributed by atoms with E-state index in [2.05, 4.69) is 41.5 Å². The fourth-order valence-electron chi connectivity index (χ4n) is 2.61. The molecule has 28 heavy (non-hydrogen) atoms. The van der Waals surface area contributed by atoms with Gasteiger partial charge in [0.05, 0.1) is 11.3 Å². The molecule has 0 aliphatic heterocycles. The highest BCUT2D eigenvalue weighted by atomic mass is 32.2. The summed E-state index contributed by atoms with van der Waals surface area (Å²) < 4.78 is 28.7. The van der Waals surface area contributed by atoms with E-state index in [1.54, 1.807) is 0 Å². The molecule has 2 aromatic carbocycles. The molecule has 0 aliphatic carbocycles. The molecule has 1 amide bonds. The Balaban J connectivity index is 1.68. The molecule has 0 atom stereocenters. The van der Waals surface area contributed by atoms with Gasteiger partial charge in [0.1, 0.15) is 0 Å². The summed E-state index contributed by atoms with van der Waals surface area (Å²) in [6, 6.07) is 13.9. The van der Waals surface area contributed by atoms with E-state index in [0.29, 0.717) is 18.2 Å². The maximum atomic E-state index is 12.3. The van der Waals surface area contributed by atoms with Crippen LogP contribution in [0.1, 0.15) is 47.1 Å². The molecule has 1 aromatic heterocycles. The lowest BCUT2D eigenvalue weighted by atomic mass is 10.0. The summed E-state index contributed by atoms with van der Waals surface area (Å²) in [7, 11) is -3.40. The van der Waals surface area contributed by atoms with Crippen molar-refractivity contribution in [2.24, 2.45) is 0 Å². The van der Waals surface area contributed by atoms with Gasteiger partial charge >= 0.3 is 6.01 Å². The Morgan fingerprint density at radius 1 is 1.11 bits per heavy atom. The quantitative estimate of drug-likeness (QED) is 0.681. The van der Waals surface area contributed by atoms with Gasteiger partial charge in [-0.3, -0.25) is 10.1 Å². The molecule has 0 bridgehead atoms. The molecule has 0 aliphatic rings. The molecule has 1 heterocycles. The molecular formula is C20H21N3O4S. The van der Waals surface area contributed by atoms with Crippen molar-refractivity contribution in [1.29, 1.82) is 0 Å². The summed E-state index contributed by atoms with van der Waals surface area (Å²) >= 11 is 0. The zero-order valence-electron chi connectivity index (χ0n) is 15.8. The van der Waals surface area contributed by atoms with Crippen molar-refractivity contribution in [3.05, 3.63) is 71.1 Å². The number of hydrogen-bond donors (Lipinski definition) is 1. The van der Waals surface area contributed by atoms with Gasteiger partial charge in [-0.15, -0.1) is 5.10 Å². The number of benzene rings is 2. The van der Waals surface area contributed by atoms with Gasteiger partial charge in [0.25, 0.3) is 5.91 Å². The van der Waals surface area contributed by atoms with E-state index in [-0.39, 0.29) is 16.5 Å². The third-order valence-electron chi connectivity index (χ3n) is 4.21. The fourth-order valence-corrected chi connectivity index (χ4v) is 3.27. The zero-order chi connectivity index (χ0) is 20.3. The van der Waals surface area contributed by atoms with Crippen LogP contribution < -0.4 is 5.32 Å². The topological polar surface area (TPSA) is 102 Å². The first-order chi connectivity index (χ1) is 13.2. The van der Waals surface area contributed by atoms with E-state index < -0.39 is 15.7 Å². The number of rotatable bonds is 6. The molecule has 0 fully saturated rings. The SMILES string of the molecule is CC(C)c1ccc(Cc2nnc(NC(=O)c3cccc(S(C)(=O)=O)c3)o2)cc1.